The average Bonchev–Trinajstić information content (AvgIpc) is 2.73. The summed E-state index contributed by atoms with van der Waals surface area (Å²) < 4.78 is 38.0. The standard InChI is InChI=1S/C20H26N2O8S/c1-11-17(24)18(25)19(26)20(29-11)30-16(23)10-21-31(27,28)15-9-5-6-12-13(15)7-4-8-14(12)22(2)3/h4-9,11,17-21,24-26H,10H2,1-3H3/t11-,17-,18+,19-,20+/m1/s1. The number of aliphatic hydroxyl groups is 3. The summed E-state index contributed by atoms with van der Waals surface area (Å²) in [6, 6.07) is 10.1. The predicted octanol–water partition coefficient (Wildman–Crippen LogP) is -0.445. The van der Waals surface area contributed by atoms with E-state index in [1.807, 2.05) is 25.1 Å². The van der Waals surface area contributed by atoms with Gasteiger partial charge in [0.25, 0.3) is 0 Å². The number of hydrogen-bond donors (Lipinski definition) is 4. The lowest BCUT2D eigenvalue weighted by atomic mass is 10.0. The molecule has 0 radical (unpaired) electrons. The van der Waals surface area contributed by atoms with E-state index in [4.69, 9.17) is 9.47 Å². The van der Waals surface area contributed by atoms with Gasteiger partial charge in [-0.25, -0.2) is 8.42 Å². The highest BCUT2D eigenvalue weighted by Gasteiger charge is 2.43. The number of anilines is 1. The van der Waals surface area contributed by atoms with E-state index in [9.17, 15) is 28.5 Å². The van der Waals surface area contributed by atoms with E-state index < -0.39 is 53.2 Å². The van der Waals surface area contributed by atoms with E-state index in [1.165, 1.54) is 13.0 Å². The van der Waals surface area contributed by atoms with Gasteiger partial charge in [-0.3, -0.25) is 4.79 Å². The highest BCUT2D eigenvalue weighted by atomic mass is 32.2. The molecule has 1 aliphatic rings. The normalized spacial score (nSPS) is 26.6. The largest absolute Gasteiger partial charge is 0.432 e. The molecule has 0 unspecified atom stereocenters. The average molecular weight is 455 g/mol. The first kappa shape index (κ1) is 23.4. The topological polar surface area (TPSA) is 146 Å². The van der Waals surface area contributed by atoms with Gasteiger partial charge in [-0.15, -0.1) is 0 Å². The van der Waals surface area contributed by atoms with Crippen LogP contribution in [-0.2, 0) is 24.3 Å². The van der Waals surface area contributed by atoms with E-state index in [-0.39, 0.29) is 4.90 Å². The van der Waals surface area contributed by atoms with Gasteiger partial charge in [-0.05, 0) is 19.1 Å². The van der Waals surface area contributed by atoms with E-state index in [1.54, 1.807) is 24.3 Å². The zero-order chi connectivity index (χ0) is 22.9. The molecule has 1 aliphatic heterocycles. The van der Waals surface area contributed by atoms with Gasteiger partial charge in [0, 0.05) is 30.6 Å². The lowest BCUT2D eigenvalue weighted by Crippen LogP contribution is -2.58. The van der Waals surface area contributed by atoms with Crippen LogP contribution in [0.1, 0.15) is 6.92 Å². The Bertz CT molecular complexity index is 1060. The maximum absolute atomic E-state index is 12.8. The number of rotatable bonds is 6. The van der Waals surface area contributed by atoms with Crippen molar-refractivity contribution in [2.75, 3.05) is 25.5 Å². The second-order valence-corrected chi connectivity index (χ2v) is 9.25. The van der Waals surface area contributed by atoms with Crippen molar-refractivity contribution in [1.82, 2.24) is 4.72 Å². The molecule has 1 fully saturated rings. The first-order valence-corrected chi connectivity index (χ1v) is 11.1. The minimum absolute atomic E-state index is 0.00242. The molecule has 0 bridgehead atoms. The van der Waals surface area contributed by atoms with Crippen molar-refractivity contribution >= 4 is 32.5 Å². The molecule has 0 aliphatic carbocycles. The molecule has 1 saturated heterocycles. The molecular formula is C20H26N2O8S. The fourth-order valence-corrected chi connectivity index (χ4v) is 4.59. The molecule has 170 valence electrons. The number of carbonyl (C=O) groups excluding carboxylic acids is 1. The third-order valence-corrected chi connectivity index (χ3v) is 6.55. The molecule has 3 rings (SSSR count). The van der Waals surface area contributed by atoms with Crippen LogP contribution in [0.3, 0.4) is 0 Å². The van der Waals surface area contributed by atoms with Crippen molar-refractivity contribution < 1.29 is 38.0 Å². The van der Waals surface area contributed by atoms with Crippen molar-refractivity contribution in [3.8, 4) is 0 Å². The lowest BCUT2D eigenvalue weighted by molar-refractivity contribution is -0.284. The Morgan fingerprint density at radius 2 is 1.71 bits per heavy atom. The number of nitrogens with one attached hydrogen (secondary N) is 1. The molecule has 0 saturated carbocycles. The number of esters is 1. The Morgan fingerprint density at radius 3 is 2.39 bits per heavy atom. The van der Waals surface area contributed by atoms with Crippen LogP contribution in [0.2, 0.25) is 0 Å². The number of hydrogen-bond acceptors (Lipinski definition) is 9. The van der Waals surface area contributed by atoms with Gasteiger partial charge in [0.05, 0.1) is 11.0 Å². The summed E-state index contributed by atoms with van der Waals surface area (Å²) in [7, 11) is -0.371. The quantitative estimate of drug-likeness (QED) is 0.427. The number of carbonyl (C=O) groups is 1. The molecule has 0 spiro atoms. The van der Waals surface area contributed by atoms with Crippen LogP contribution in [0.4, 0.5) is 5.69 Å². The van der Waals surface area contributed by atoms with Crippen LogP contribution < -0.4 is 9.62 Å². The number of benzene rings is 2. The maximum atomic E-state index is 12.8. The summed E-state index contributed by atoms with van der Waals surface area (Å²) in [5, 5.41) is 30.6. The van der Waals surface area contributed by atoms with Gasteiger partial charge in [0.15, 0.2) is 0 Å². The third kappa shape index (κ3) is 4.81. The van der Waals surface area contributed by atoms with Gasteiger partial charge in [-0.2, -0.15) is 4.72 Å². The highest BCUT2D eigenvalue weighted by molar-refractivity contribution is 7.89. The molecule has 2 aromatic rings. The predicted molar refractivity (Wildman–Crippen MR) is 112 cm³/mol. The third-order valence-electron chi connectivity index (χ3n) is 5.09. The SMILES string of the molecule is C[C@H]1O[C@@H](OC(=O)CNS(=O)(=O)c2cccc3c(N(C)C)cccc23)[C@H](O)[C@@H](O)[C@@H]1O. The van der Waals surface area contributed by atoms with E-state index in [2.05, 4.69) is 4.72 Å². The van der Waals surface area contributed by atoms with Crippen LogP contribution in [0.25, 0.3) is 10.8 Å². The molecule has 11 heteroatoms. The second-order valence-electron chi connectivity index (χ2n) is 7.52. The van der Waals surface area contributed by atoms with Gasteiger partial charge in [-0.1, -0.05) is 24.3 Å². The summed E-state index contributed by atoms with van der Waals surface area (Å²) in [4.78, 5) is 14.0. The molecule has 10 nitrogen and oxygen atoms in total. The van der Waals surface area contributed by atoms with Crippen molar-refractivity contribution in [3.63, 3.8) is 0 Å². The second kappa shape index (κ2) is 9.07. The fourth-order valence-electron chi connectivity index (χ4n) is 3.40. The first-order valence-electron chi connectivity index (χ1n) is 9.61. The van der Waals surface area contributed by atoms with Gasteiger partial charge >= 0.3 is 5.97 Å². The molecule has 31 heavy (non-hydrogen) atoms. The van der Waals surface area contributed by atoms with Gasteiger partial charge < -0.3 is 29.7 Å². The maximum Gasteiger partial charge on any atom is 0.323 e. The fraction of sp³-hybridized carbons (Fsp3) is 0.450. The molecule has 2 aromatic carbocycles. The summed E-state index contributed by atoms with van der Waals surface area (Å²) >= 11 is 0. The molecule has 0 amide bonds. The van der Waals surface area contributed by atoms with Crippen LogP contribution in [0.5, 0.6) is 0 Å². The number of ether oxygens (including phenoxy) is 2. The van der Waals surface area contributed by atoms with Crippen molar-refractivity contribution in [2.24, 2.45) is 0 Å². The Hall–Kier alpha value is -2.28. The van der Waals surface area contributed by atoms with Crippen molar-refractivity contribution in [1.29, 1.82) is 0 Å². The summed E-state index contributed by atoms with van der Waals surface area (Å²) in [6.07, 6.45) is -7.02. The minimum Gasteiger partial charge on any atom is -0.432 e. The van der Waals surface area contributed by atoms with Crippen molar-refractivity contribution in [2.45, 2.75) is 42.5 Å². The number of aliphatic hydroxyl groups excluding tert-OH is 3. The lowest BCUT2D eigenvalue weighted by Gasteiger charge is -2.38. The zero-order valence-corrected chi connectivity index (χ0v) is 18.1. The van der Waals surface area contributed by atoms with E-state index in [0.717, 1.165) is 11.1 Å². The zero-order valence-electron chi connectivity index (χ0n) is 17.3. The molecule has 5 atom stereocenters. The Morgan fingerprint density at radius 1 is 1.06 bits per heavy atom. The van der Waals surface area contributed by atoms with Crippen LogP contribution in [0, 0.1) is 0 Å². The van der Waals surface area contributed by atoms with Gasteiger partial charge in [0.2, 0.25) is 16.3 Å². The molecular weight excluding hydrogens is 428 g/mol. The minimum atomic E-state index is -4.07. The number of nitrogens with zero attached hydrogens (tertiary/aromatic N) is 1. The van der Waals surface area contributed by atoms with Crippen LogP contribution >= 0.6 is 0 Å². The number of fused-ring (bicyclic) bond motifs is 1. The Labute approximate surface area is 180 Å². The van der Waals surface area contributed by atoms with E-state index >= 15 is 0 Å². The smallest absolute Gasteiger partial charge is 0.323 e. The highest BCUT2D eigenvalue weighted by Crippen LogP contribution is 2.30. The van der Waals surface area contributed by atoms with Crippen LogP contribution in [0.15, 0.2) is 41.3 Å². The van der Waals surface area contributed by atoms with E-state index in [0.29, 0.717) is 5.39 Å². The van der Waals surface area contributed by atoms with Crippen molar-refractivity contribution in [3.05, 3.63) is 36.4 Å². The van der Waals surface area contributed by atoms with Gasteiger partial charge in [0.1, 0.15) is 24.9 Å². The first-order chi connectivity index (χ1) is 14.5. The number of sulfonamides is 1. The Balaban J connectivity index is 1.73. The van der Waals surface area contributed by atoms with Crippen LogP contribution in [-0.4, -0.2) is 81.1 Å². The monoisotopic (exact) mass is 454 g/mol. The molecule has 4 N–H and O–H groups in total. The molecule has 0 aromatic heterocycles. The summed E-state index contributed by atoms with van der Waals surface area (Å²) in [5.41, 5.74) is 0.840. The Kier molecular flexibility index (Phi) is 6.84. The summed E-state index contributed by atoms with van der Waals surface area (Å²) in [6.45, 7) is 0.720. The molecule has 1 heterocycles. The summed E-state index contributed by atoms with van der Waals surface area (Å²) in [5.74, 6) is -1.02.